The van der Waals surface area contributed by atoms with Crippen LogP contribution in [0.15, 0.2) is 59.2 Å². The Bertz CT molecular complexity index is 878. The molecule has 1 atom stereocenters. The molecule has 1 unspecified atom stereocenters. The van der Waals surface area contributed by atoms with Crippen molar-refractivity contribution in [3.05, 3.63) is 70.8 Å². The molecule has 0 radical (unpaired) electrons. The molecule has 1 aromatic carbocycles. The number of carbonyl (C=O) groups excluding carboxylic acids is 1. The highest BCUT2D eigenvalue weighted by Gasteiger charge is 2.14. The largest absolute Gasteiger partial charge is 0.464 e. The van der Waals surface area contributed by atoms with Gasteiger partial charge in [0.15, 0.2) is 0 Å². The van der Waals surface area contributed by atoms with E-state index >= 15 is 0 Å². The molecule has 2 aromatic heterocycles. The van der Waals surface area contributed by atoms with Gasteiger partial charge in [-0.25, -0.2) is 0 Å². The molecular weight excluding hydrogens is 324 g/mol. The van der Waals surface area contributed by atoms with Crippen molar-refractivity contribution in [2.75, 3.05) is 6.54 Å². The smallest absolute Gasteiger partial charge is 0.251 e. The van der Waals surface area contributed by atoms with Gasteiger partial charge < -0.3 is 14.8 Å². The molecule has 2 N–H and O–H groups in total. The minimum atomic E-state index is -0.804. The van der Waals surface area contributed by atoms with E-state index in [1.807, 2.05) is 24.3 Å². The molecule has 0 fully saturated rings. The summed E-state index contributed by atoms with van der Waals surface area (Å²) in [6, 6.07) is 15.8. The maximum absolute atomic E-state index is 12.1. The number of benzene rings is 1. The zero-order valence-corrected chi connectivity index (χ0v) is 13.4. The van der Waals surface area contributed by atoms with Crippen molar-refractivity contribution in [1.29, 1.82) is 5.26 Å². The average molecular weight is 338 g/mol. The quantitative estimate of drug-likeness (QED) is 0.747. The highest BCUT2D eigenvalue weighted by Crippen LogP contribution is 2.31. The summed E-state index contributed by atoms with van der Waals surface area (Å²) >= 11 is 1.41. The van der Waals surface area contributed by atoms with Crippen molar-refractivity contribution < 1.29 is 14.3 Å². The number of hydrogen-bond acceptors (Lipinski definition) is 5. The van der Waals surface area contributed by atoms with Crippen LogP contribution in [0.3, 0.4) is 0 Å². The van der Waals surface area contributed by atoms with Gasteiger partial charge in [0.1, 0.15) is 11.9 Å². The first kappa shape index (κ1) is 16.0. The first-order chi connectivity index (χ1) is 11.7. The maximum atomic E-state index is 12.1. The number of furan rings is 1. The molecule has 0 saturated carbocycles. The predicted octanol–water partition coefficient (Wildman–Crippen LogP) is 3.34. The number of amides is 1. The molecule has 0 aliphatic heterocycles. The highest BCUT2D eigenvalue weighted by atomic mass is 32.1. The lowest BCUT2D eigenvalue weighted by atomic mass is 10.1. The van der Waals surface area contributed by atoms with Gasteiger partial charge in [0, 0.05) is 17.0 Å². The number of nitrogens with one attached hydrogen (secondary N) is 1. The van der Waals surface area contributed by atoms with Crippen LogP contribution in [-0.4, -0.2) is 17.6 Å². The van der Waals surface area contributed by atoms with E-state index in [-0.39, 0.29) is 12.5 Å². The van der Waals surface area contributed by atoms with Gasteiger partial charge in [-0.05, 0) is 42.5 Å². The Labute approximate surface area is 142 Å². The van der Waals surface area contributed by atoms with Gasteiger partial charge in [-0.2, -0.15) is 5.26 Å². The van der Waals surface area contributed by atoms with Crippen LogP contribution in [-0.2, 0) is 0 Å². The van der Waals surface area contributed by atoms with Crippen molar-refractivity contribution in [3.63, 3.8) is 0 Å². The Morgan fingerprint density at radius 3 is 2.92 bits per heavy atom. The Kier molecular flexibility index (Phi) is 4.75. The van der Waals surface area contributed by atoms with Crippen molar-refractivity contribution in [1.82, 2.24) is 5.32 Å². The normalized spacial score (nSPS) is 11.7. The fraction of sp³-hybridized carbons (Fsp3) is 0.111. The van der Waals surface area contributed by atoms with E-state index in [4.69, 9.17) is 9.68 Å². The van der Waals surface area contributed by atoms with E-state index in [0.717, 1.165) is 15.5 Å². The summed E-state index contributed by atoms with van der Waals surface area (Å²) in [5.74, 6) is 0.421. The minimum absolute atomic E-state index is 0.0910. The second-order valence-corrected chi connectivity index (χ2v) is 6.21. The molecule has 120 valence electrons. The van der Waals surface area contributed by atoms with E-state index in [1.54, 1.807) is 30.5 Å². The second kappa shape index (κ2) is 7.13. The molecule has 2 heterocycles. The van der Waals surface area contributed by atoms with E-state index in [9.17, 15) is 9.90 Å². The maximum Gasteiger partial charge on any atom is 0.251 e. The van der Waals surface area contributed by atoms with Crippen LogP contribution in [0, 0.1) is 11.3 Å². The SMILES string of the molecule is N#Cc1cccc(C(=O)NCC(O)c2ccc(-c3ccco3)s2)c1. The van der Waals surface area contributed by atoms with Crippen LogP contribution in [0.1, 0.15) is 26.9 Å². The number of aliphatic hydroxyl groups excluding tert-OH is 1. The lowest BCUT2D eigenvalue weighted by molar-refractivity contribution is 0.0918. The summed E-state index contributed by atoms with van der Waals surface area (Å²) in [4.78, 5) is 13.8. The van der Waals surface area contributed by atoms with E-state index in [0.29, 0.717) is 11.1 Å². The first-order valence-corrected chi connectivity index (χ1v) is 8.09. The van der Waals surface area contributed by atoms with Crippen LogP contribution in [0.2, 0.25) is 0 Å². The number of rotatable bonds is 5. The molecule has 0 bridgehead atoms. The molecule has 3 rings (SSSR count). The van der Waals surface area contributed by atoms with Gasteiger partial charge in [-0.3, -0.25) is 4.79 Å². The standard InChI is InChI=1S/C18H14N2O3S/c19-10-12-3-1-4-13(9-12)18(22)20-11-14(21)16-6-7-17(24-16)15-5-2-8-23-15/h1-9,14,21H,11H2,(H,20,22). The third-order valence-corrected chi connectivity index (χ3v) is 4.63. The van der Waals surface area contributed by atoms with E-state index in [1.165, 1.54) is 17.4 Å². The monoisotopic (exact) mass is 338 g/mol. The zero-order valence-electron chi connectivity index (χ0n) is 12.6. The summed E-state index contributed by atoms with van der Waals surface area (Å²) in [7, 11) is 0. The summed E-state index contributed by atoms with van der Waals surface area (Å²) in [6.45, 7) is 0.0910. The number of nitriles is 1. The lowest BCUT2D eigenvalue weighted by Crippen LogP contribution is -2.28. The van der Waals surface area contributed by atoms with Crippen molar-refractivity contribution >= 4 is 17.2 Å². The minimum Gasteiger partial charge on any atom is -0.464 e. The Morgan fingerprint density at radius 1 is 1.29 bits per heavy atom. The number of carbonyl (C=O) groups is 1. The van der Waals surface area contributed by atoms with Gasteiger partial charge in [0.25, 0.3) is 5.91 Å². The fourth-order valence-corrected chi connectivity index (χ4v) is 3.17. The molecule has 6 heteroatoms. The molecule has 0 saturated heterocycles. The van der Waals surface area contributed by atoms with Crippen molar-refractivity contribution in [2.24, 2.45) is 0 Å². The summed E-state index contributed by atoms with van der Waals surface area (Å²) in [6.07, 6.45) is 0.794. The fourth-order valence-electron chi connectivity index (χ4n) is 2.21. The molecule has 3 aromatic rings. The highest BCUT2D eigenvalue weighted by molar-refractivity contribution is 7.15. The third-order valence-electron chi connectivity index (χ3n) is 3.43. The zero-order chi connectivity index (χ0) is 16.9. The third kappa shape index (κ3) is 3.54. The molecule has 0 spiro atoms. The van der Waals surface area contributed by atoms with Gasteiger partial charge in [-0.15, -0.1) is 11.3 Å². The Balaban J connectivity index is 1.62. The molecule has 24 heavy (non-hydrogen) atoms. The average Bonchev–Trinajstić information content (AvgIpc) is 3.30. The van der Waals surface area contributed by atoms with Crippen LogP contribution < -0.4 is 5.32 Å². The Morgan fingerprint density at radius 2 is 2.17 bits per heavy atom. The molecule has 0 aliphatic carbocycles. The van der Waals surface area contributed by atoms with Gasteiger partial charge in [-0.1, -0.05) is 6.07 Å². The van der Waals surface area contributed by atoms with Crippen molar-refractivity contribution in [3.8, 4) is 16.7 Å². The molecule has 1 amide bonds. The van der Waals surface area contributed by atoms with Crippen LogP contribution in [0.5, 0.6) is 0 Å². The lowest BCUT2D eigenvalue weighted by Gasteiger charge is -2.10. The number of aliphatic hydroxyl groups is 1. The number of nitrogens with zero attached hydrogens (tertiary/aromatic N) is 1. The number of hydrogen-bond donors (Lipinski definition) is 2. The Hall–Kier alpha value is -2.88. The van der Waals surface area contributed by atoms with Crippen molar-refractivity contribution in [2.45, 2.75) is 6.10 Å². The molecular formula is C18H14N2O3S. The number of thiophene rings is 1. The topological polar surface area (TPSA) is 86.3 Å². The van der Waals surface area contributed by atoms with Crippen LogP contribution >= 0.6 is 11.3 Å². The summed E-state index contributed by atoms with van der Waals surface area (Å²) in [5, 5.41) is 21.8. The summed E-state index contributed by atoms with van der Waals surface area (Å²) < 4.78 is 5.32. The van der Waals surface area contributed by atoms with E-state index in [2.05, 4.69) is 5.32 Å². The van der Waals surface area contributed by atoms with E-state index < -0.39 is 6.10 Å². The second-order valence-electron chi connectivity index (χ2n) is 5.10. The first-order valence-electron chi connectivity index (χ1n) is 7.27. The van der Waals surface area contributed by atoms with Crippen LogP contribution in [0.25, 0.3) is 10.6 Å². The molecule has 0 aliphatic rings. The van der Waals surface area contributed by atoms with Crippen LogP contribution in [0.4, 0.5) is 0 Å². The predicted molar refractivity (Wildman–Crippen MR) is 90.5 cm³/mol. The van der Waals surface area contributed by atoms with Gasteiger partial charge in [0.05, 0.1) is 22.8 Å². The summed E-state index contributed by atoms with van der Waals surface area (Å²) in [5.41, 5.74) is 0.813. The molecule has 5 nitrogen and oxygen atoms in total. The van der Waals surface area contributed by atoms with Gasteiger partial charge in [0.2, 0.25) is 0 Å². The van der Waals surface area contributed by atoms with Gasteiger partial charge >= 0.3 is 0 Å².